The van der Waals surface area contributed by atoms with E-state index in [0.717, 1.165) is 16.9 Å². The fourth-order valence-electron chi connectivity index (χ4n) is 4.32. The van der Waals surface area contributed by atoms with E-state index in [1.165, 1.54) is 5.56 Å². The lowest BCUT2D eigenvalue weighted by Gasteiger charge is -2.37. The molecule has 33 heavy (non-hydrogen) atoms. The summed E-state index contributed by atoms with van der Waals surface area (Å²) >= 11 is 0. The number of anilines is 2. The zero-order valence-corrected chi connectivity index (χ0v) is 18.6. The van der Waals surface area contributed by atoms with Crippen molar-refractivity contribution in [3.63, 3.8) is 0 Å². The van der Waals surface area contributed by atoms with Gasteiger partial charge in [-0.3, -0.25) is 19.9 Å². The quantitative estimate of drug-likeness (QED) is 0.478. The molecule has 2 saturated heterocycles. The number of hydrogen-bond acceptors (Lipinski definition) is 6. The maximum Gasteiger partial charge on any atom is 0.230 e. The van der Waals surface area contributed by atoms with Crippen molar-refractivity contribution in [3.8, 4) is 0 Å². The summed E-state index contributed by atoms with van der Waals surface area (Å²) in [5, 5.41) is 15.9. The highest BCUT2D eigenvalue weighted by Gasteiger charge is 2.45. The molecule has 9 nitrogen and oxygen atoms in total. The van der Waals surface area contributed by atoms with E-state index in [0.29, 0.717) is 12.4 Å². The molecule has 3 heterocycles. The first-order valence-corrected chi connectivity index (χ1v) is 11.0. The number of rotatable bonds is 5. The summed E-state index contributed by atoms with van der Waals surface area (Å²) in [5.74, 6) is 0.0552. The summed E-state index contributed by atoms with van der Waals surface area (Å²) in [4.78, 5) is 25.6. The minimum absolute atomic E-state index is 0.0689. The van der Waals surface area contributed by atoms with E-state index < -0.39 is 6.29 Å². The average molecular weight is 446 g/mol. The molecule has 2 aromatic carbocycles. The van der Waals surface area contributed by atoms with Gasteiger partial charge in [-0.05, 0) is 31.5 Å². The molecule has 1 aromatic heterocycles. The average Bonchev–Trinajstić information content (AvgIpc) is 3.38. The predicted molar refractivity (Wildman–Crippen MR) is 125 cm³/mol. The molecule has 2 amide bonds. The molecule has 2 aliphatic heterocycles. The molecular weight excluding hydrogens is 418 g/mol. The van der Waals surface area contributed by atoms with Crippen LogP contribution in [0.4, 0.5) is 11.5 Å². The third-order valence-corrected chi connectivity index (χ3v) is 5.97. The highest BCUT2D eigenvalue weighted by atomic mass is 16.2. The van der Waals surface area contributed by atoms with Gasteiger partial charge in [0.05, 0.1) is 23.7 Å². The van der Waals surface area contributed by atoms with Crippen molar-refractivity contribution in [3.05, 3.63) is 77.5 Å². The second-order valence-electron chi connectivity index (χ2n) is 8.52. The number of hydrazine groups is 1. The molecular formula is C24H27N7O2. The Morgan fingerprint density at radius 2 is 1.88 bits per heavy atom. The molecule has 3 unspecified atom stereocenters. The molecule has 0 spiro atoms. The van der Waals surface area contributed by atoms with E-state index in [-0.39, 0.29) is 30.3 Å². The van der Waals surface area contributed by atoms with Crippen LogP contribution in [0.25, 0.3) is 0 Å². The van der Waals surface area contributed by atoms with Gasteiger partial charge in [0.2, 0.25) is 11.8 Å². The first-order valence-electron chi connectivity index (χ1n) is 11.0. The van der Waals surface area contributed by atoms with Crippen molar-refractivity contribution in [2.24, 2.45) is 5.92 Å². The Hall–Kier alpha value is -3.69. The minimum Gasteiger partial charge on any atom is -0.321 e. The van der Waals surface area contributed by atoms with E-state index in [4.69, 9.17) is 0 Å². The van der Waals surface area contributed by atoms with Gasteiger partial charge in [0.15, 0.2) is 6.29 Å². The molecule has 0 radical (unpaired) electrons. The molecule has 9 heteroatoms. The van der Waals surface area contributed by atoms with Crippen LogP contribution in [0.1, 0.15) is 23.1 Å². The number of nitrogens with one attached hydrogen (secondary N) is 4. The van der Waals surface area contributed by atoms with E-state index in [1.54, 1.807) is 10.7 Å². The second-order valence-corrected chi connectivity index (χ2v) is 8.52. The Morgan fingerprint density at radius 3 is 2.64 bits per heavy atom. The van der Waals surface area contributed by atoms with Gasteiger partial charge < -0.3 is 10.6 Å². The molecule has 3 atom stereocenters. The molecule has 5 rings (SSSR count). The van der Waals surface area contributed by atoms with Crippen LogP contribution in [0.15, 0.2) is 60.7 Å². The summed E-state index contributed by atoms with van der Waals surface area (Å²) < 4.78 is 1.62. The lowest BCUT2D eigenvalue weighted by Crippen LogP contribution is -2.61. The van der Waals surface area contributed by atoms with E-state index >= 15 is 0 Å². The first-order chi connectivity index (χ1) is 16.0. The monoisotopic (exact) mass is 445 g/mol. The molecule has 2 fully saturated rings. The Labute approximate surface area is 192 Å². The van der Waals surface area contributed by atoms with E-state index in [1.807, 2.05) is 73.5 Å². The Bertz CT molecular complexity index is 1160. The molecule has 3 aromatic rings. The van der Waals surface area contributed by atoms with Crippen LogP contribution in [-0.4, -0.2) is 34.3 Å². The standard InChI is InChI=1S/C24H27N7O2/c1-15-8-10-18(11-9-15)30-22-19(14-25-30)23(33)28-24(27-22)31-20(12-16(2)29-31)26-21(32)13-17-6-4-3-5-7-17/h3-12,19,22,24-25,27H,13-14H2,1-2H3,(H,26,32)(H,28,33). The first kappa shape index (κ1) is 21.2. The number of benzene rings is 2. The van der Waals surface area contributed by atoms with Crippen molar-refractivity contribution in [2.45, 2.75) is 32.7 Å². The van der Waals surface area contributed by atoms with Crippen LogP contribution in [0.2, 0.25) is 0 Å². The largest absolute Gasteiger partial charge is 0.321 e. The van der Waals surface area contributed by atoms with Crippen molar-refractivity contribution >= 4 is 23.3 Å². The summed E-state index contributed by atoms with van der Waals surface area (Å²) in [7, 11) is 0. The maximum atomic E-state index is 12.9. The van der Waals surface area contributed by atoms with Crippen molar-refractivity contribution in [2.75, 3.05) is 16.9 Å². The predicted octanol–water partition coefficient (Wildman–Crippen LogP) is 1.82. The van der Waals surface area contributed by atoms with Crippen LogP contribution in [0.5, 0.6) is 0 Å². The van der Waals surface area contributed by atoms with Gasteiger partial charge in [0, 0.05) is 12.6 Å². The number of fused-ring (bicyclic) bond motifs is 1. The van der Waals surface area contributed by atoms with Crippen molar-refractivity contribution < 1.29 is 9.59 Å². The summed E-state index contributed by atoms with van der Waals surface area (Å²) in [6.45, 7) is 4.43. The fraction of sp³-hybridized carbons (Fsp3) is 0.292. The summed E-state index contributed by atoms with van der Waals surface area (Å²) in [6, 6.07) is 19.5. The Kier molecular flexibility index (Phi) is 5.57. The molecule has 0 saturated carbocycles. The van der Waals surface area contributed by atoms with Gasteiger partial charge in [-0.15, -0.1) is 0 Å². The zero-order chi connectivity index (χ0) is 22.9. The van der Waals surface area contributed by atoms with Crippen LogP contribution in [0.3, 0.4) is 0 Å². The number of carbonyl (C=O) groups is 2. The van der Waals surface area contributed by atoms with Crippen molar-refractivity contribution in [1.29, 1.82) is 0 Å². The normalized spacial score (nSPS) is 22.1. The molecule has 170 valence electrons. The summed E-state index contributed by atoms with van der Waals surface area (Å²) in [5.41, 5.74) is 7.14. The van der Waals surface area contributed by atoms with Crippen LogP contribution < -0.4 is 26.4 Å². The molecule has 4 N–H and O–H groups in total. The number of aromatic nitrogens is 2. The lowest BCUT2D eigenvalue weighted by atomic mass is 10.0. The molecule has 0 bridgehead atoms. The van der Waals surface area contributed by atoms with Gasteiger partial charge in [0.1, 0.15) is 12.0 Å². The van der Waals surface area contributed by atoms with Crippen LogP contribution in [-0.2, 0) is 16.0 Å². The number of aryl methyl sites for hydroxylation is 2. The number of amides is 2. The highest BCUT2D eigenvalue weighted by Crippen LogP contribution is 2.28. The smallest absolute Gasteiger partial charge is 0.230 e. The second kappa shape index (κ2) is 8.68. The number of nitrogens with zero attached hydrogens (tertiary/aromatic N) is 3. The highest BCUT2D eigenvalue weighted by molar-refractivity contribution is 5.91. The van der Waals surface area contributed by atoms with Crippen molar-refractivity contribution in [1.82, 2.24) is 25.8 Å². The number of hydrogen-bond donors (Lipinski definition) is 4. The fourth-order valence-corrected chi connectivity index (χ4v) is 4.32. The third-order valence-electron chi connectivity index (χ3n) is 5.97. The third kappa shape index (κ3) is 4.33. The van der Waals surface area contributed by atoms with E-state index in [9.17, 15) is 9.59 Å². The van der Waals surface area contributed by atoms with Crippen LogP contribution >= 0.6 is 0 Å². The van der Waals surface area contributed by atoms with Gasteiger partial charge in [-0.25, -0.2) is 10.1 Å². The molecule has 0 aliphatic carbocycles. The topological polar surface area (TPSA) is 103 Å². The lowest BCUT2D eigenvalue weighted by molar-refractivity contribution is -0.129. The van der Waals surface area contributed by atoms with Gasteiger partial charge >= 0.3 is 0 Å². The van der Waals surface area contributed by atoms with Crippen LogP contribution in [0, 0.1) is 19.8 Å². The molecule has 2 aliphatic rings. The maximum absolute atomic E-state index is 12.9. The van der Waals surface area contributed by atoms with Gasteiger partial charge in [0.25, 0.3) is 0 Å². The summed E-state index contributed by atoms with van der Waals surface area (Å²) in [6.07, 6.45) is -0.609. The Morgan fingerprint density at radius 1 is 1.12 bits per heavy atom. The van der Waals surface area contributed by atoms with Gasteiger partial charge in [-0.2, -0.15) is 5.10 Å². The Balaban J connectivity index is 1.35. The number of carbonyl (C=O) groups excluding carboxylic acids is 2. The minimum atomic E-state index is -0.604. The van der Waals surface area contributed by atoms with E-state index in [2.05, 4.69) is 26.5 Å². The van der Waals surface area contributed by atoms with Gasteiger partial charge in [-0.1, -0.05) is 48.0 Å². The zero-order valence-electron chi connectivity index (χ0n) is 18.6. The SMILES string of the molecule is Cc1ccc(N2NCC3C(=O)NC(n4nc(C)cc4NC(=O)Cc4ccccc4)NC32)cc1.